The van der Waals surface area contributed by atoms with E-state index >= 15 is 0 Å². The van der Waals surface area contributed by atoms with E-state index in [1.54, 1.807) is 24.5 Å². The molecule has 0 bridgehead atoms. The van der Waals surface area contributed by atoms with Crippen molar-refractivity contribution in [3.8, 4) is 0 Å². The minimum absolute atomic E-state index is 0.207. The van der Waals surface area contributed by atoms with Gasteiger partial charge in [-0.2, -0.15) is 0 Å². The van der Waals surface area contributed by atoms with Crippen molar-refractivity contribution in [1.29, 1.82) is 0 Å². The molecular formula is C27H29N3O4S. The van der Waals surface area contributed by atoms with E-state index in [4.69, 9.17) is 9.15 Å². The molecule has 2 aliphatic heterocycles. The van der Waals surface area contributed by atoms with E-state index in [9.17, 15) is 9.59 Å². The zero-order chi connectivity index (χ0) is 24.5. The first-order valence-electron chi connectivity index (χ1n) is 12.1. The Kier molecular flexibility index (Phi) is 6.47. The van der Waals surface area contributed by atoms with Crippen LogP contribution in [0.2, 0.25) is 0 Å². The number of hydrogen-bond donors (Lipinski definition) is 0. The molecule has 7 nitrogen and oxygen atoms in total. The van der Waals surface area contributed by atoms with Crippen LogP contribution >= 0.6 is 11.3 Å². The summed E-state index contributed by atoms with van der Waals surface area (Å²) in [6.45, 7) is 8.04. The van der Waals surface area contributed by atoms with E-state index in [1.807, 2.05) is 42.5 Å². The fourth-order valence-corrected chi connectivity index (χ4v) is 5.72. The molecule has 0 N–H and O–H groups in total. The highest BCUT2D eigenvalue weighted by atomic mass is 32.1. The number of allylic oxidation sites excluding steroid dienone is 1. The molecule has 1 aromatic carbocycles. The van der Waals surface area contributed by atoms with E-state index in [0.717, 1.165) is 43.3 Å². The molecule has 0 spiro atoms. The topological polar surface area (TPSA) is 77.0 Å². The molecule has 0 radical (unpaired) electrons. The number of piperidine rings is 1. The maximum atomic E-state index is 13.6. The summed E-state index contributed by atoms with van der Waals surface area (Å²) >= 11 is 1.30. The molecule has 8 heteroatoms. The summed E-state index contributed by atoms with van der Waals surface area (Å²) < 4.78 is 13.5. The molecule has 2 aromatic heterocycles. The Morgan fingerprint density at radius 3 is 2.66 bits per heavy atom. The third-order valence-electron chi connectivity index (χ3n) is 6.61. The molecule has 1 unspecified atom stereocenters. The van der Waals surface area contributed by atoms with Gasteiger partial charge in [0.15, 0.2) is 10.7 Å². The van der Waals surface area contributed by atoms with Crippen molar-refractivity contribution >= 4 is 29.3 Å². The molecule has 3 aromatic rings. The number of esters is 1. The summed E-state index contributed by atoms with van der Waals surface area (Å²) in [6.07, 6.45) is 4.07. The Labute approximate surface area is 207 Å². The van der Waals surface area contributed by atoms with Gasteiger partial charge in [0.05, 0.1) is 28.5 Å². The molecule has 5 rings (SSSR count). The van der Waals surface area contributed by atoms with Crippen LogP contribution in [0.3, 0.4) is 0 Å². The van der Waals surface area contributed by atoms with Crippen LogP contribution in [0.5, 0.6) is 0 Å². The third kappa shape index (κ3) is 4.50. The Bertz CT molecular complexity index is 1440. The largest absolute Gasteiger partial charge is 0.463 e. The first-order chi connectivity index (χ1) is 17.0. The lowest BCUT2D eigenvalue weighted by atomic mass is 9.96. The molecule has 0 amide bonds. The number of thiazole rings is 1. The number of carbonyl (C=O) groups excluding carboxylic acids is 1. The minimum atomic E-state index is -0.601. The summed E-state index contributed by atoms with van der Waals surface area (Å²) in [5, 5.41) is 0. The lowest BCUT2D eigenvalue weighted by molar-refractivity contribution is -0.139. The number of ether oxygens (including phenoxy) is 1. The molecule has 2 aliphatic rings. The van der Waals surface area contributed by atoms with Crippen molar-refractivity contribution in [3.63, 3.8) is 0 Å². The lowest BCUT2D eigenvalue weighted by Crippen LogP contribution is -2.39. The van der Waals surface area contributed by atoms with E-state index in [1.165, 1.54) is 11.3 Å². The predicted octanol–water partition coefficient (Wildman–Crippen LogP) is 3.63. The van der Waals surface area contributed by atoms with E-state index in [2.05, 4.69) is 16.8 Å². The first-order valence-corrected chi connectivity index (χ1v) is 12.9. The number of rotatable bonds is 5. The van der Waals surface area contributed by atoms with Gasteiger partial charge in [-0.3, -0.25) is 9.36 Å². The highest BCUT2D eigenvalue weighted by Gasteiger charge is 2.33. The van der Waals surface area contributed by atoms with Gasteiger partial charge >= 0.3 is 5.97 Å². The SMILES string of the molecule is CCOC(=O)C1=C(C)N=c2s/c(=C\c3ccc(N4CCC(C)CC4)o3)c(=O)n2C1c1ccccc1. The van der Waals surface area contributed by atoms with Crippen LogP contribution in [0.25, 0.3) is 6.08 Å². The second-order valence-electron chi connectivity index (χ2n) is 9.06. The maximum absolute atomic E-state index is 13.6. The predicted molar refractivity (Wildman–Crippen MR) is 136 cm³/mol. The van der Waals surface area contributed by atoms with Crippen molar-refractivity contribution < 1.29 is 13.9 Å². The van der Waals surface area contributed by atoms with Crippen molar-refractivity contribution in [2.75, 3.05) is 24.6 Å². The van der Waals surface area contributed by atoms with Crippen LogP contribution in [0, 0.1) is 5.92 Å². The number of anilines is 1. The Hall–Kier alpha value is -3.39. The Balaban J connectivity index is 1.57. The van der Waals surface area contributed by atoms with Crippen LogP contribution in [-0.2, 0) is 9.53 Å². The number of fused-ring (bicyclic) bond motifs is 1. The first kappa shape index (κ1) is 23.4. The van der Waals surface area contributed by atoms with Gasteiger partial charge in [-0.1, -0.05) is 48.6 Å². The van der Waals surface area contributed by atoms with Gasteiger partial charge in [0, 0.05) is 25.2 Å². The quantitative estimate of drug-likeness (QED) is 0.510. The van der Waals surface area contributed by atoms with Crippen LogP contribution in [-0.4, -0.2) is 30.2 Å². The Morgan fingerprint density at radius 2 is 1.94 bits per heavy atom. The monoisotopic (exact) mass is 491 g/mol. The summed E-state index contributed by atoms with van der Waals surface area (Å²) in [7, 11) is 0. The van der Waals surface area contributed by atoms with E-state index < -0.39 is 12.0 Å². The highest BCUT2D eigenvalue weighted by molar-refractivity contribution is 7.07. The van der Waals surface area contributed by atoms with Gasteiger partial charge in [0.25, 0.3) is 5.56 Å². The number of aromatic nitrogens is 1. The van der Waals surface area contributed by atoms with Gasteiger partial charge < -0.3 is 14.1 Å². The smallest absolute Gasteiger partial charge is 0.338 e. The van der Waals surface area contributed by atoms with E-state index in [-0.39, 0.29) is 12.2 Å². The fraction of sp³-hybridized carbons (Fsp3) is 0.370. The molecule has 1 atom stereocenters. The maximum Gasteiger partial charge on any atom is 0.338 e. The van der Waals surface area contributed by atoms with Crippen molar-refractivity contribution in [1.82, 2.24) is 4.57 Å². The van der Waals surface area contributed by atoms with Gasteiger partial charge in [0.1, 0.15) is 5.76 Å². The molecule has 35 heavy (non-hydrogen) atoms. The lowest BCUT2D eigenvalue weighted by Gasteiger charge is -2.29. The zero-order valence-electron chi connectivity index (χ0n) is 20.2. The van der Waals surface area contributed by atoms with Gasteiger partial charge in [-0.05, 0) is 44.2 Å². The highest BCUT2D eigenvalue weighted by Crippen LogP contribution is 2.30. The van der Waals surface area contributed by atoms with Crippen molar-refractivity contribution in [3.05, 3.63) is 84.7 Å². The van der Waals surface area contributed by atoms with Gasteiger partial charge in [-0.25, -0.2) is 9.79 Å². The van der Waals surface area contributed by atoms with Crippen molar-refractivity contribution in [2.45, 2.75) is 39.7 Å². The third-order valence-corrected chi connectivity index (χ3v) is 7.60. The van der Waals surface area contributed by atoms with Crippen molar-refractivity contribution in [2.24, 2.45) is 10.9 Å². The van der Waals surface area contributed by atoms with Crippen LogP contribution < -0.4 is 19.8 Å². The number of benzene rings is 1. The minimum Gasteiger partial charge on any atom is -0.463 e. The van der Waals surface area contributed by atoms with Crippen LogP contribution in [0.15, 0.2) is 67.9 Å². The van der Waals surface area contributed by atoms with Crippen LogP contribution in [0.1, 0.15) is 51.0 Å². The summed E-state index contributed by atoms with van der Waals surface area (Å²) in [6, 6.07) is 12.8. The molecule has 0 aliphatic carbocycles. The Morgan fingerprint density at radius 1 is 1.20 bits per heavy atom. The number of carbonyl (C=O) groups is 1. The molecular weight excluding hydrogens is 462 g/mol. The van der Waals surface area contributed by atoms with Gasteiger partial charge in [-0.15, -0.1) is 0 Å². The molecule has 1 fully saturated rings. The molecule has 182 valence electrons. The number of hydrogen-bond acceptors (Lipinski definition) is 7. The molecule has 1 saturated heterocycles. The van der Waals surface area contributed by atoms with Crippen LogP contribution in [0.4, 0.5) is 5.88 Å². The van der Waals surface area contributed by atoms with Gasteiger partial charge in [0.2, 0.25) is 0 Å². The standard InChI is InChI=1S/C27H29N3O4S/c1-4-33-26(32)23-18(3)28-27-30(24(23)19-8-6-5-7-9-19)25(31)21(35-27)16-20-10-11-22(34-20)29-14-12-17(2)13-15-29/h5-11,16-17,24H,4,12-15H2,1-3H3/b21-16-. The van der Waals surface area contributed by atoms with E-state index in [0.29, 0.717) is 26.4 Å². The normalized spacial score (nSPS) is 19.0. The molecule has 4 heterocycles. The number of nitrogens with zero attached hydrogens (tertiary/aromatic N) is 3. The fourth-order valence-electron chi connectivity index (χ4n) is 4.69. The number of furan rings is 1. The summed E-state index contributed by atoms with van der Waals surface area (Å²) in [5.41, 5.74) is 1.57. The summed E-state index contributed by atoms with van der Waals surface area (Å²) in [4.78, 5) is 34.0. The average Bonchev–Trinajstić information content (AvgIpc) is 3.44. The average molecular weight is 492 g/mol. The second kappa shape index (κ2) is 9.70. The second-order valence-corrected chi connectivity index (χ2v) is 10.1. The summed E-state index contributed by atoms with van der Waals surface area (Å²) in [5.74, 6) is 1.74. The zero-order valence-corrected chi connectivity index (χ0v) is 21.0. The molecule has 0 saturated carbocycles.